The summed E-state index contributed by atoms with van der Waals surface area (Å²) in [7, 11) is 0. The number of rotatable bonds is 0. The van der Waals surface area contributed by atoms with Crippen LogP contribution in [0.4, 0.5) is 0 Å². The van der Waals surface area contributed by atoms with E-state index < -0.39 is 0 Å². The summed E-state index contributed by atoms with van der Waals surface area (Å²) in [5.74, 6) is 0. The fourth-order valence-corrected chi connectivity index (χ4v) is 0. The minimum Gasteiger partial charge on any atom is 2.00 e. The predicted molar refractivity (Wildman–Crippen MR) is 16.6 cm³/mol. The van der Waals surface area contributed by atoms with Gasteiger partial charge in [0, 0.05) is 0 Å². The molecule has 0 saturated carbocycles. The van der Waals surface area contributed by atoms with Gasteiger partial charge in [0.05, 0.1) is 0 Å². The molecule has 0 fully saturated rings. The minimum atomic E-state index is 0. The van der Waals surface area contributed by atoms with Gasteiger partial charge in [0.25, 0.3) is 0 Å². The molecule has 0 amide bonds. The first-order valence-electron chi connectivity index (χ1n) is 0.183. The van der Waals surface area contributed by atoms with Crippen molar-refractivity contribution < 1.29 is 30.0 Å². The first kappa shape index (κ1) is 15.6. The van der Waals surface area contributed by atoms with Crippen LogP contribution in [0, 0.1) is 0 Å². The summed E-state index contributed by atoms with van der Waals surface area (Å²) in [6.45, 7) is 0. The molecule has 0 N–H and O–H groups in total. The van der Waals surface area contributed by atoms with Crippen molar-refractivity contribution in [1.82, 2.24) is 0 Å². The normalized spacial score (nSPS) is 0.750. The molecule has 1 nitrogen and oxygen atoms in total. The van der Waals surface area contributed by atoms with E-state index in [1.54, 1.807) is 0 Å². The zero-order valence-electron chi connectivity index (χ0n) is 6.27. The van der Waals surface area contributed by atoms with E-state index in [9.17, 15) is 0 Å². The smallest absolute Gasteiger partial charge is 2.00 e. The molecule has 0 aliphatic rings. The SMILES string of the molecule is [Ba+2].[H-].[H-].[H-].[H-].[O]=[Nb].[Sr+2]. The van der Waals surface area contributed by atoms with Crippen LogP contribution in [0.2, 0.25) is 0 Å². The van der Waals surface area contributed by atoms with Gasteiger partial charge in [0.1, 0.15) is 0 Å². The molecule has 0 aromatic heterocycles. The van der Waals surface area contributed by atoms with Gasteiger partial charge in [-0.15, -0.1) is 0 Å². The van der Waals surface area contributed by atoms with Crippen molar-refractivity contribution in [1.29, 1.82) is 0 Å². The molecule has 4 heavy (non-hydrogen) atoms. The van der Waals surface area contributed by atoms with Gasteiger partial charge in [-0.25, -0.2) is 0 Å². The molecular weight excluding hydrogens is 334 g/mol. The van der Waals surface area contributed by atoms with Crippen LogP contribution in [-0.2, 0) is 24.3 Å². The van der Waals surface area contributed by atoms with Crippen molar-refractivity contribution in [2.75, 3.05) is 0 Å². The summed E-state index contributed by atoms with van der Waals surface area (Å²) in [5.41, 5.74) is 0. The van der Waals surface area contributed by atoms with Gasteiger partial charge < -0.3 is 5.71 Å². The Bertz CT molecular complexity index is 16.0. The zero-order valence-corrected chi connectivity index (χ0v) is 12.4. The summed E-state index contributed by atoms with van der Waals surface area (Å²) < 4.78 is 8.30. The monoisotopic (exact) mass is 339 g/mol. The van der Waals surface area contributed by atoms with E-state index in [1.165, 1.54) is 0 Å². The van der Waals surface area contributed by atoms with Crippen LogP contribution in [0.5, 0.6) is 0 Å². The molecule has 0 radical (unpaired) electrons. The summed E-state index contributed by atoms with van der Waals surface area (Å²) in [6, 6.07) is 0. The van der Waals surface area contributed by atoms with Crippen LogP contribution in [0.15, 0.2) is 0 Å². The third-order valence-electron chi connectivity index (χ3n) is 0. The van der Waals surface area contributed by atoms with E-state index >= 15 is 0 Å². The van der Waals surface area contributed by atoms with Crippen molar-refractivity contribution in [3.05, 3.63) is 0 Å². The predicted octanol–water partition coefficient (Wildman–Crippen LogP) is -0.433. The molecule has 0 atom stereocenters. The van der Waals surface area contributed by atoms with E-state index in [4.69, 9.17) is 3.25 Å². The van der Waals surface area contributed by atoms with Crippen molar-refractivity contribution in [2.45, 2.75) is 0 Å². The minimum absolute atomic E-state index is 0. The molecular formula is H4BaNbOSr. The quantitative estimate of drug-likeness (QED) is 0.548. The molecule has 0 aliphatic heterocycles. The van der Waals surface area contributed by atoms with Gasteiger partial charge in [0.2, 0.25) is 0 Å². The average molecular weight is 338 g/mol. The second-order valence-electron chi connectivity index (χ2n) is 0. The Hall–Kier alpha value is 3.59. The first-order chi connectivity index (χ1) is 1.00. The van der Waals surface area contributed by atoms with Crippen LogP contribution in [-0.4, -0.2) is 94.4 Å². The molecule has 0 unspecified atom stereocenters. The van der Waals surface area contributed by atoms with Gasteiger partial charge in [-0.1, -0.05) is 0 Å². The van der Waals surface area contributed by atoms with Crippen molar-refractivity contribution in [3.8, 4) is 0 Å². The summed E-state index contributed by atoms with van der Waals surface area (Å²) >= 11 is 0.500. The van der Waals surface area contributed by atoms with Gasteiger partial charge >= 0.3 is 119 Å². The maximum Gasteiger partial charge on any atom is 2.00 e. The third-order valence-corrected chi connectivity index (χ3v) is 0. The molecule has 0 aromatic carbocycles. The largest absolute Gasteiger partial charge is 2.00 e. The van der Waals surface area contributed by atoms with E-state index in [0.29, 0.717) is 21.0 Å². The van der Waals surface area contributed by atoms with Crippen LogP contribution >= 0.6 is 0 Å². The first-order valence-corrected chi connectivity index (χ1v) is 1.08. The number of hydrogen-bond donors (Lipinski definition) is 0. The van der Waals surface area contributed by atoms with Crippen molar-refractivity contribution in [2.24, 2.45) is 0 Å². The second-order valence-corrected chi connectivity index (χ2v) is 0. The molecule has 0 rings (SSSR count). The molecule has 0 saturated heterocycles. The Morgan fingerprint density at radius 2 is 1.50 bits per heavy atom. The molecule has 19 valence electrons. The van der Waals surface area contributed by atoms with E-state index in [1.807, 2.05) is 0 Å². The summed E-state index contributed by atoms with van der Waals surface area (Å²) in [6.07, 6.45) is 0. The van der Waals surface area contributed by atoms with E-state index in [-0.39, 0.29) is 100 Å². The van der Waals surface area contributed by atoms with E-state index in [0.717, 1.165) is 0 Å². The van der Waals surface area contributed by atoms with Gasteiger partial charge in [-0.2, -0.15) is 0 Å². The van der Waals surface area contributed by atoms with Crippen LogP contribution < -0.4 is 0 Å². The summed E-state index contributed by atoms with van der Waals surface area (Å²) in [5, 5.41) is 0. The second kappa shape index (κ2) is 16.0. The van der Waals surface area contributed by atoms with Gasteiger partial charge in [-0.3, -0.25) is 0 Å². The Morgan fingerprint density at radius 3 is 1.50 bits per heavy atom. The molecule has 0 spiro atoms. The molecule has 0 bridgehead atoms. The van der Waals surface area contributed by atoms with Gasteiger partial charge in [0.15, 0.2) is 0 Å². The average Bonchev–Trinajstić information content (AvgIpc) is 1.00. The fourth-order valence-electron chi connectivity index (χ4n) is 0. The van der Waals surface area contributed by atoms with Crippen LogP contribution in [0.1, 0.15) is 5.71 Å². The Morgan fingerprint density at radius 1 is 1.50 bits per heavy atom. The van der Waals surface area contributed by atoms with Crippen molar-refractivity contribution >= 4 is 94.4 Å². The van der Waals surface area contributed by atoms with Gasteiger partial charge in [-0.05, 0) is 0 Å². The maximum absolute atomic E-state index is 8.30. The van der Waals surface area contributed by atoms with E-state index in [2.05, 4.69) is 0 Å². The molecule has 0 aromatic rings. The maximum atomic E-state index is 8.30. The Balaban J connectivity index is -0.000000000333. The molecule has 0 aliphatic carbocycles. The topological polar surface area (TPSA) is 17.1 Å². The van der Waals surface area contributed by atoms with Crippen LogP contribution in [0.3, 0.4) is 0 Å². The molecule has 4 heteroatoms. The zero-order chi connectivity index (χ0) is 2.00. The Labute approximate surface area is 121 Å². The number of hydrogen-bond acceptors (Lipinski definition) is 1. The fraction of sp³-hybridized carbons (Fsp3) is 0. The third kappa shape index (κ3) is 9.14. The summed E-state index contributed by atoms with van der Waals surface area (Å²) in [4.78, 5) is 0. The standard InChI is InChI=1S/Ba.Nb.O.Sr.4H/q+2;;;+2;4*-1. The Kier molecular flexibility index (Phi) is 62.5. The van der Waals surface area contributed by atoms with Crippen LogP contribution in [0.25, 0.3) is 0 Å². The van der Waals surface area contributed by atoms with Crippen molar-refractivity contribution in [3.63, 3.8) is 0 Å². The molecule has 0 heterocycles.